The molecule has 0 aromatic rings. The SMILES string of the molecule is CCCCN(C(C)CC)C(C)CC(C)(NCCC)C(=O)O. The summed E-state index contributed by atoms with van der Waals surface area (Å²) < 4.78 is 0. The zero-order chi connectivity index (χ0) is 16.5. The fourth-order valence-electron chi connectivity index (χ4n) is 2.79. The number of nitrogens with one attached hydrogen (secondary N) is 1. The molecule has 0 aliphatic rings. The van der Waals surface area contributed by atoms with Crippen LogP contribution in [0.1, 0.15) is 73.6 Å². The van der Waals surface area contributed by atoms with Crippen LogP contribution in [0.5, 0.6) is 0 Å². The quantitative estimate of drug-likeness (QED) is 0.579. The van der Waals surface area contributed by atoms with E-state index in [1.165, 1.54) is 12.8 Å². The first kappa shape index (κ1) is 20.4. The molecule has 0 rings (SSSR count). The molecule has 0 aliphatic carbocycles. The van der Waals surface area contributed by atoms with E-state index in [1.54, 1.807) is 0 Å². The maximum absolute atomic E-state index is 11.7. The van der Waals surface area contributed by atoms with Gasteiger partial charge in [0.05, 0.1) is 0 Å². The zero-order valence-corrected chi connectivity index (χ0v) is 14.9. The van der Waals surface area contributed by atoms with Crippen molar-refractivity contribution in [3.8, 4) is 0 Å². The highest BCUT2D eigenvalue weighted by molar-refractivity contribution is 5.78. The Morgan fingerprint density at radius 3 is 2.24 bits per heavy atom. The molecular formula is C17H36N2O2. The van der Waals surface area contributed by atoms with Crippen LogP contribution in [0.2, 0.25) is 0 Å². The molecule has 0 amide bonds. The molecule has 126 valence electrons. The number of hydrogen-bond donors (Lipinski definition) is 2. The van der Waals surface area contributed by atoms with Crippen molar-refractivity contribution in [1.29, 1.82) is 0 Å². The highest BCUT2D eigenvalue weighted by atomic mass is 16.4. The molecule has 4 heteroatoms. The molecular weight excluding hydrogens is 264 g/mol. The van der Waals surface area contributed by atoms with E-state index in [0.717, 1.165) is 25.9 Å². The van der Waals surface area contributed by atoms with Crippen molar-refractivity contribution >= 4 is 5.97 Å². The summed E-state index contributed by atoms with van der Waals surface area (Å²) in [6.07, 6.45) is 5.02. The summed E-state index contributed by atoms with van der Waals surface area (Å²) in [6.45, 7) is 14.5. The summed E-state index contributed by atoms with van der Waals surface area (Å²) in [6, 6.07) is 0.757. The third kappa shape index (κ3) is 6.79. The molecule has 0 aromatic carbocycles. The molecule has 0 bridgehead atoms. The average molecular weight is 300 g/mol. The summed E-state index contributed by atoms with van der Waals surface area (Å²) in [4.78, 5) is 14.1. The first-order valence-electron chi connectivity index (χ1n) is 8.56. The number of rotatable bonds is 12. The van der Waals surface area contributed by atoms with E-state index in [0.29, 0.717) is 12.5 Å². The molecule has 0 saturated heterocycles. The van der Waals surface area contributed by atoms with Crippen LogP contribution >= 0.6 is 0 Å². The Morgan fingerprint density at radius 2 is 1.81 bits per heavy atom. The minimum Gasteiger partial charge on any atom is -0.480 e. The van der Waals surface area contributed by atoms with E-state index in [9.17, 15) is 9.90 Å². The minimum atomic E-state index is -0.840. The molecule has 0 radical (unpaired) electrons. The maximum Gasteiger partial charge on any atom is 0.323 e. The molecule has 0 spiro atoms. The van der Waals surface area contributed by atoms with Gasteiger partial charge in [-0.15, -0.1) is 0 Å². The van der Waals surface area contributed by atoms with Gasteiger partial charge in [0.1, 0.15) is 5.54 Å². The molecule has 3 unspecified atom stereocenters. The Bertz CT molecular complexity index is 297. The van der Waals surface area contributed by atoms with Crippen LogP contribution < -0.4 is 5.32 Å². The van der Waals surface area contributed by atoms with Gasteiger partial charge in [-0.2, -0.15) is 0 Å². The second-order valence-electron chi connectivity index (χ2n) is 6.47. The van der Waals surface area contributed by atoms with E-state index in [2.05, 4.69) is 44.8 Å². The van der Waals surface area contributed by atoms with Crippen molar-refractivity contribution < 1.29 is 9.90 Å². The predicted octanol–water partition coefficient (Wildman–Crippen LogP) is 3.51. The molecule has 21 heavy (non-hydrogen) atoms. The summed E-state index contributed by atoms with van der Waals surface area (Å²) in [7, 11) is 0. The van der Waals surface area contributed by atoms with Crippen molar-refractivity contribution in [3.63, 3.8) is 0 Å². The van der Waals surface area contributed by atoms with E-state index in [4.69, 9.17) is 0 Å². The van der Waals surface area contributed by atoms with Gasteiger partial charge in [0.2, 0.25) is 0 Å². The maximum atomic E-state index is 11.7. The van der Waals surface area contributed by atoms with Gasteiger partial charge in [-0.1, -0.05) is 27.2 Å². The highest BCUT2D eigenvalue weighted by Crippen LogP contribution is 2.20. The Labute approximate surface area is 131 Å². The van der Waals surface area contributed by atoms with E-state index < -0.39 is 11.5 Å². The van der Waals surface area contributed by atoms with Crippen LogP contribution in [0.15, 0.2) is 0 Å². The van der Waals surface area contributed by atoms with Gasteiger partial charge in [-0.25, -0.2) is 0 Å². The lowest BCUT2D eigenvalue weighted by atomic mass is 9.91. The minimum absolute atomic E-state index is 0.261. The first-order chi connectivity index (χ1) is 9.82. The van der Waals surface area contributed by atoms with Gasteiger partial charge in [-0.05, 0) is 59.5 Å². The predicted molar refractivity (Wildman–Crippen MR) is 89.8 cm³/mol. The second-order valence-corrected chi connectivity index (χ2v) is 6.47. The molecule has 4 nitrogen and oxygen atoms in total. The van der Waals surface area contributed by atoms with Gasteiger partial charge in [0.15, 0.2) is 0 Å². The lowest BCUT2D eigenvalue weighted by Crippen LogP contribution is -2.54. The topological polar surface area (TPSA) is 52.6 Å². The number of carboxylic acid groups (broad SMARTS) is 1. The first-order valence-corrected chi connectivity index (χ1v) is 8.56. The van der Waals surface area contributed by atoms with Crippen LogP contribution in [0.4, 0.5) is 0 Å². The van der Waals surface area contributed by atoms with Crippen molar-refractivity contribution in [3.05, 3.63) is 0 Å². The Kier molecular flexibility index (Phi) is 9.88. The summed E-state index contributed by atoms with van der Waals surface area (Å²) in [5.74, 6) is -0.748. The molecule has 0 heterocycles. The smallest absolute Gasteiger partial charge is 0.323 e. The van der Waals surface area contributed by atoms with Gasteiger partial charge in [0.25, 0.3) is 0 Å². The largest absolute Gasteiger partial charge is 0.480 e. The monoisotopic (exact) mass is 300 g/mol. The van der Waals surface area contributed by atoms with Crippen molar-refractivity contribution in [1.82, 2.24) is 10.2 Å². The highest BCUT2D eigenvalue weighted by Gasteiger charge is 2.36. The summed E-state index contributed by atoms with van der Waals surface area (Å²) in [5.41, 5.74) is -0.840. The fourth-order valence-corrected chi connectivity index (χ4v) is 2.79. The van der Waals surface area contributed by atoms with Gasteiger partial charge in [-0.3, -0.25) is 9.69 Å². The number of aliphatic carboxylic acids is 1. The third-order valence-corrected chi connectivity index (χ3v) is 4.43. The van der Waals surface area contributed by atoms with Crippen LogP contribution in [-0.2, 0) is 4.79 Å². The number of unbranched alkanes of at least 4 members (excludes halogenated alkanes) is 1. The lowest BCUT2D eigenvalue weighted by molar-refractivity contribution is -0.145. The number of carboxylic acids is 1. The summed E-state index contributed by atoms with van der Waals surface area (Å²) in [5, 5.41) is 12.8. The molecule has 0 aliphatic heterocycles. The average Bonchev–Trinajstić information content (AvgIpc) is 2.44. The Balaban J connectivity index is 4.88. The molecule has 2 N–H and O–H groups in total. The van der Waals surface area contributed by atoms with Crippen LogP contribution in [-0.4, -0.2) is 46.7 Å². The lowest BCUT2D eigenvalue weighted by Gasteiger charge is -2.38. The van der Waals surface area contributed by atoms with Gasteiger partial charge < -0.3 is 10.4 Å². The molecule has 0 fully saturated rings. The number of nitrogens with zero attached hydrogens (tertiary/aromatic N) is 1. The number of hydrogen-bond acceptors (Lipinski definition) is 3. The third-order valence-electron chi connectivity index (χ3n) is 4.43. The molecule has 0 aromatic heterocycles. The van der Waals surface area contributed by atoms with Crippen LogP contribution in [0, 0.1) is 0 Å². The van der Waals surface area contributed by atoms with E-state index in [-0.39, 0.29) is 6.04 Å². The Hall–Kier alpha value is -0.610. The van der Waals surface area contributed by atoms with Crippen molar-refractivity contribution in [2.24, 2.45) is 0 Å². The molecule has 0 saturated carbocycles. The summed E-state index contributed by atoms with van der Waals surface area (Å²) >= 11 is 0. The van der Waals surface area contributed by atoms with Gasteiger partial charge >= 0.3 is 5.97 Å². The van der Waals surface area contributed by atoms with E-state index in [1.807, 2.05) is 6.92 Å². The van der Waals surface area contributed by atoms with Crippen LogP contribution in [0.3, 0.4) is 0 Å². The number of carbonyl (C=O) groups is 1. The van der Waals surface area contributed by atoms with Crippen LogP contribution in [0.25, 0.3) is 0 Å². The van der Waals surface area contributed by atoms with Crippen molar-refractivity contribution in [2.45, 2.75) is 91.3 Å². The standard InChI is InChI=1S/C17H36N2O2/c1-7-10-12-19(14(4)9-3)15(5)13-17(6,16(20)21)18-11-8-2/h14-15,18H,7-13H2,1-6H3,(H,20,21). The van der Waals surface area contributed by atoms with Gasteiger partial charge in [0, 0.05) is 12.1 Å². The normalized spacial score (nSPS) is 17.5. The van der Waals surface area contributed by atoms with Crippen molar-refractivity contribution in [2.75, 3.05) is 13.1 Å². The second kappa shape index (κ2) is 10.2. The molecule has 3 atom stereocenters. The van der Waals surface area contributed by atoms with E-state index >= 15 is 0 Å². The zero-order valence-electron chi connectivity index (χ0n) is 14.9. The Morgan fingerprint density at radius 1 is 1.19 bits per heavy atom. The fraction of sp³-hybridized carbons (Fsp3) is 0.941.